The maximum absolute atomic E-state index is 11.8. The fourth-order valence-corrected chi connectivity index (χ4v) is 1.96. The molecule has 0 fully saturated rings. The number of nitrogens with one attached hydrogen (secondary N) is 1. The van der Waals surface area contributed by atoms with E-state index in [-0.39, 0.29) is 11.3 Å². The van der Waals surface area contributed by atoms with E-state index in [1.165, 1.54) is 36.4 Å². The van der Waals surface area contributed by atoms with Gasteiger partial charge in [0, 0.05) is 17.7 Å². The summed E-state index contributed by atoms with van der Waals surface area (Å²) in [5.41, 5.74) is 0.351. The molecule has 0 aliphatic heterocycles. The van der Waals surface area contributed by atoms with Gasteiger partial charge in [-0.3, -0.25) is 25.0 Å². The summed E-state index contributed by atoms with van der Waals surface area (Å²) >= 11 is 0. The molecule has 8 heteroatoms. The maximum atomic E-state index is 11.8. The number of rotatable bonds is 6. The van der Waals surface area contributed by atoms with Crippen molar-refractivity contribution in [2.45, 2.75) is 0 Å². The Labute approximate surface area is 148 Å². The van der Waals surface area contributed by atoms with Crippen molar-refractivity contribution in [3.63, 3.8) is 0 Å². The SMILES string of the molecule is O=C(COC(=O)/C=C/c1ccccc1[N+](=O)[O-])NC(=O)c1ccccc1. The third-order valence-electron chi connectivity index (χ3n) is 3.17. The van der Waals surface area contributed by atoms with E-state index in [4.69, 9.17) is 4.74 Å². The number of carbonyl (C=O) groups is 3. The van der Waals surface area contributed by atoms with Gasteiger partial charge in [0.2, 0.25) is 0 Å². The molecule has 0 atom stereocenters. The van der Waals surface area contributed by atoms with Crippen molar-refractivity contribution < 1.29 is 24.0 Å². The lowest BCUT2D eigenvalue weighted by Gasteiger charge is -2.04. The molecule has 2 aromatic rings. The van der Waals surface area contributed by atoms with Gasteiger partial charge in [-0.25, -0.2) is 4.79 Å². The smallest absolute Gasteiger partial charge is 0.331 e. The van der Waals surface area contributed by atoms with Crippen LogP contribution < -0.4 is 5.32 Å². The highest BCUT2D eigenvalue weighted by molar-refractivity contribution is 6.05. The van der Waals surface area contributed by atoms with Crippen LogP contribution >= 0.6 is 0 Å². The average molecular weight is 354 g/mol. The minimum Gasteiger partial charge on any atom is -0.452 e. The number of benzene rings is 2. The first-order valence-electron chi connectivity index (χ1n) is 7.45. The lowest BCUT2D eigenvalue weighted by Crippen LogP contribution is -2.33. The molecule has 0 radical (unpaired) electrons. The molecule has 2 aromatic carbocycles. The lowest BCUT2D eigenvalue weighted by atomic mass is 10.1. The first-order valence-corrected chi connectivity index (χ1v) is 7.45. The minimum absolute atomic E-state index is 0.164. The molecule has 0 aromatic heterocycles. The van der Waals surface area contributed by atoms with E-state index in [0.29, 0.717) is 5.56 Å². The molecule has 0 heterocycles. The molecule has 0 bridgehead atoms. The zero-order valence-corrected chi connectivity index (χ0v) is 13.5. The highest BCUT2D eigenvalue weighted by Gasteiger charge is 2.12. The Morgan fingerprint density at radius 3 is 2.38 bits per heavy atom. The molecule has 132 valence electrons. The predicted octanol–water partition coefficient (Wildman–Crippen LogP) is 2.11. The van der Waals surface area contributed by atoms with Gasteiger partial charge in [0.05, 0.1) is 10.5 Å². The summed E-state index contributed by atoms with van der Waals surface area (Å²) in [6.45, 7) is -0.654. The summed E-state index contributed by atoms with van der Waals surface area (Å²) in [6, 6.07) is 13.9. The van der Waals surface area contributed by atoms with Crippen LogP contribution in [-0.4, -0.2) is 29.3 Å². The van der Waals surface area contributed by atoms with Crippen LogP contribution in [0.25, 0.3) is 6.08 Å². The summed E-state index contributed by atoms with van der Waals surface area (Å²) in [7, 11) is 0. The predicted molar refractivity (Wildman–Crippen MR) is 92.0 cm³/mol. The van der Waals surface area contributed by atoms with Gasteiger partial charge in [-0.15, -0.1) is 0 Å². The van der Waals surface area contributed by atoms with E-state index >= 15 is 0 Å². The molecule has 0 spiro atoms. The third kappa shape index (κ3) is 5.38. The average Bonchev–Trinajstić information content (AvgIpc) is 2.65. The van der Waals surface area contributed by atoms with Crippen LogP contribution in [0.1, 0.15) is 15.9 Å². The van der Waals surface area contributed by atoms with Crippen LogP contribution in [0.3, 0.4) is 0 Å². The van der Waals surface area contributed by atoms with Crippen molar-refractivity contribution in [3.8, 4) is 0 Å². The van der Waals surface area contributed by atoms with Crippen molar-refractivity contribution in [1.29, 1.82) is 0 Å². The maximum Gasteiger partial charge on any atom is 0.331 e. The second-order valence-corrected chi connectivity index (χ2v) is 5.00. The number of amides is 2. The number of imide groups is 1. The molecule has 0 unspecified atom stereocenters. The van der Waals surface area contributed by atoms with Gasteiger partial charge in [-0.2, -0.15) is 0 Å². The number of carbonyl (C=O) groups excluding carboxylic acids is 3. The molecule has 0 aliphatic rings. The van der Waals surface area contributed by atoms with E-state index < -0.39 is 29.3 Å². The molecule has 2 amide bonds. The number of nitrogens with zero attached hydrogens (tertiary/aromatic N) is 1. The third-order valence-corrected chi connectivity index (χ3v) is 3.17. The number of nitro benzene ring substituents is 1. The van der Waals surface area contributed by atoms with Gasteiger partial charge in [0.15, 0.2) is 6.61 Å². The van der Waals surface area contributed by atoms with Gasteiger partial charge in [0.25, 0.3) is 17.5 Å². The Bertz CT molecular complexity index is 861. The quantitative estimate of drug-likeness (QED) is 0.368. The summed E-state index contributed by atoms with van der Waals surface area (Å²) in [6.07, 6.45) is 2.18. The second kappa shape index (κ2) is 8.88. The van der Waals surface area contributed by atoms with Gasteiger partial charge < -0.3 is 4.74 Å². The summed E-state index contributed by atoms with van der Waals surface area (Å²) in [5.74, 6) is -2.26. The first-order chi connectivity index (χ1) is 12.5. The van der Waals surface area contributed by atoms with Crippen LogP contribution in [-0.2, 0) is 14.3 Å². The molecule has 0 saturated heterocycles. The molecule has 0 aliphatic carbocycles. The molecular formula is C18H14N2O6. The number of hydrogen-bond acceptors (Lipinski definition) is 6. The van der Waals surface area contributed by atoms with Crippen molar-refractivity contribution in [1.82, 2.24) is 5.32 Å². The number of ether oxygens (including phenoxy) is 1. The van der Waals surface area contributed by atoms with Crippen LogP contribution in [0.2, 0.25) is 0 Å². The van der Waals surface area contributed by atoms with Crippen molar-refractivity contribution in [2.75, 3.05) is 6.61 Å². The Morgan fingerprint density at radius 2 is 1.69 bits per heavy atom. The standard InChI is InChI=1S/C18H14N2O6/c21-16(19-18(23)14-7-2-1-3-8-14)12-26-17(22)11-10-13-6-4-5-9-15(13)20(24)25/h1-11H,12H2,(H,19,21,23)/b11-10+. The molecule has 2 rings (SSSR count). The normalized spacial score (nSPS) is 10.3. The fraction of sp³-hybridized carbons (Fsp3) is 0.0556. The van der Waals surface area contributed by atoms with E-state index in [9.17, 15) is 24.5 Å². The second-order valence-electron chi connectivity index (χ2n) is 5.00. The van der Waals surface area contributed by atoms with Gasteiger partial charge >= 0.3 is 5.97 Å². The monoisotopic (exact) mass is 354 g/mol. The number of nitro groups is 1. The Hall–Kier alpha value is -3.81. The van der Waals surface area contributed by atoms with Crippen LogP contribution in [0.5, 0.6) is 0 Å². The van der Waals surface area contributed by atoms with Gasteiger partial charge in [-0.1, -0.05) is 30.3 Å². The molecule has 26 heavy (non-hydrogen) atoms. The molecule has 8 nitrogen and oxygen atoms in total. The number of hydrogen-bond donors (Lipinski definition) is 1. The van der Waals surface area contributed by atoms with Crippen molar-refractivity contribution >= 4 is 29.5 Å². The summed E-state index contributed by atoms with van der Waals surface area (Å²) < 4.78 is 4.70. The zero-order chi connectivity index (χ0) is 18.9. The zero-order valence-electron chi connectivity index (χ0n) is 13.5. The number of esters is 1. The lowest BCUT2D eigenvalue weighted by molar-refractivity contribution is -0.385. The van der Waals surface area contributed by atoms with Crippen LogP contribution in [0, 0.1) is 10.1 Å². The highest BCUT2D eigenvalue weighted by atomic mass is 16.6. The number of para-hydroxylation sites is 1. The highest BCUT2D eigenvalue weighted by Crippen LogP contribution is 2.18. The first kappa shape index (κ1) is 18.5. The minimum atomic E-state index is -0.870. The van der Waals surface area contributed by atoms with Crippen LogP contribution in [0.4, 0.5) is 5.69 Å². The van der Waals surface area contributed by atoms with E-state index in [1.54, 1.807) is 24.3 Å². The topological polar surface area (TPSA) is 116 Å². The fourth-order valence-electron chi connectivity index (χ4n) is 1.96. The van der Waals surface area contributed by atoms with E-state index in [0.717, 1.165) is 6.08 Å². The van der Waals surface area contributed by atoms with Crippen LogP contribution in [0.15, 0.2) is 60.7 Å². The Kier molecular flexibility index (Phi) is 6.33. The van der Waals surface area contributed by atoms with E-state index in [2.05, 4.69) is 5.32 Å². The molecule has 1 N–H and O–H groups in total. The molecule has 0 saturated carbocycles. The van der Waals surface area contributed by atoms with Crippen molar-refractivity contribution in [3.05, 3.63) is 81.9 Å². The Balaban J connectivity index is 1.86. The Morgan fingerprint density at radius 1 is 1.04 bits per heavy atom. The largest absolute Gasteiger partial charge is 0.452 e. The molecular weight excluding hydrogens is 340 g/mol. The summed E-state index contributed by atoms with van der Waals surface area (Å²) in [4.78, 5) is 45.3. The van der Waals surface area contributed by atoms with Crippen molar-refractivity contribution in [2.24, 2.45) is 0 Å². The van der Waals surface area contributed by atoms with Gasteiger partial charge in [-0.05, 0) is 24.3 Å². The summed E-state index contributed by atoms with van der Waals surface area (Å²) in [5, 5.41) is 13.0. The van der Waals surface area contributed by atoms with Gasteiger partial charge in [0.1, 0.15) is 0 Å². The van der Waals surface area contributed by atoms with E-state index in [1.807, 2.05) is 0 Å².